The zero-order valence-corrected chi connectivity index (χ0v) is 14.4. The van der Waals surface area contributed by atoms with Crippen LogP contribution in [-0.4, -0.2) is 37.4 Å². The molecule has 0 aliphatic rings. The van der Waals surface area contributed by atoms with Gasteiger partial charge < -0.3 is 27.7 Å². The van der Waals surface area contributed by atoms with Crippen molar-refractivity contribution in [3.8, 4) is 0 Å². The first kappa shape index (κ1) is 20.8. The standard InChI is InChI=1S/C16H38N4O/c1-11(17)5-15(6-12(2)18)9-21-10-16(7-13(3)19)8-14(4)20/h11-16H,5-10,17-20H2,1-4H3. The van der Waals surface area contributed by atoms with Gasteiger partial charge in [-0.25, -0.2) is 0 Å². The van der Waals surface area contributed by atoms with Crippen LogP contribution >= 0.6 is 0 Å². The van der Waals surface area contributed by atoms with Crippen LogP contribution in [0.3, 0.4) is 0 Å². The highest BCUT2D eigenvalue weighted by Crippen LogP contribution is 2.17. The molecular formula is C16H38N4O. The molecule has 0 aliphatic carbocycles. The van der Waals surface area contributed by atoms with Gasteiger partial charge in [-0.15, -0.1) is 0 Å². The Balaban J connectivity index is 4.21. The van der Waals surface area contributed by atoms with E-state index in [1.54, 1.807) is 0 Å². The van der Waals surface area contributed by atoms with E-state index in [0.29, 0.717) is 11.8 Å². The predicted molar refractivity (Wildman–Crippen MR) is 90.9 cm³/mol. The Morgan fingerprint density at radius 3 is 1.00 bits per heavy atom. The lowest BCUT2D eigenvalue weighted by molar-refractivity contribution is 0.0560. The summed E-state index contributed by atoms with van der Waals surface area (Å²) >= 11 is 0. The SMILES string of the molecule is CC(N)CC(COCC(CC(C)N)CC(C)N)CC(C)N. The number of nitrogens with two attached hydrogens (primary N) is 4. The number of ether oxygens (including phenoxy) is 1. The molecule has 0 radical (unpaired) electrons. The Morgan fingerprint density at radius 1 is 0.571 bits per heavy atom. The van der Waals surface area contributed by atoms with E-state index in [1.165, 1.54) is 0 Å². The highest BCUT2D eigenvalue weighted by molar-refractivity contribution is 4.71. The first-order valence-corrected chi connectivity index (χ1v) is 8.30. The molecular weight excluding hydrogens is 264 g/mol. The summed E-state index contributed by atoms with van der Waals surface area (Å²) in [5, 5.41) is 0. The summed E-state index contributed by atoms with van der Waals surface area (Å²) in [7, 11) is 0. The summed E-state index contributed by atoms with van der Waals surface area (Å²) in [6, 6.07) is 0.727. The van der Waals surface area contributed by atoms with Crippen molar-refractivity contribution >= 4 is 0 Å². The van der Waals surface area contributed by atoms with Crippen LogP contribution in [0, 0.1) is 11.8 Å². The van der Waals surface area contributed by atoms with Crippen LogP contribution in [-0.2, 0) is 4.74 Å². The van der Waals surface area contributed by atoms with Gasteiger partial charge in [0.25, 0.3) is 0 Å². The lowest BCUT2D eigenvalue weighted by Gasteiger charge is -2.24. The maximum Gasteiger partial charge on any atom is 0.0495 e. The van der Waals surface area contributed by atoms with E-state index in [4.69, 9.17) is 27.7 Å². The molecule has 5 heteroatoms. The van der Waals surface area contributed by atoms with Crippen molar-refractivity contribution in [1.82, 2.24) is 0 Å². The second-order valence-corrected chi connectivity index (χ2v) is 7.12. The molecule has 0 aromatic rings. The highest BCUT2D eigenvalue weighted by Gasteiger charge is 2.17. The summed E-state index contributed by atoms with van der Waals surface area (Å²) in [5.74, 6) is 0.854. The van der Waals surface area contributed by atoms with E-state index in [9.17, 15) is 0 Å². The largest absolute Gasteiger partial charge is 0.381 e. The van der Waals surface area contributed by atoms with Crippen LogP contribution in [0.1, 0.15) is 53.4 Å². The summed E-state index contributed by atoms with van der Waals surface area (Å²) < 4.78 is 5.94. The lowest BCUT2D eigenvalue weighted by atomic mass is 9.94. The molecule has 0 spiro atoms. The van der Waals surface area contributed by atoms with Gasteiger partial charge in [0, 0.05) is 37.4 Å². The smallest absolute Gasteiger partial charge is 0.0495 e. The van der Waals surface area contributed by atoms with Gasteiger partial charge in [-0.3, -0.25) is 0 Å². The Morgan fingerprint density at radius 2 is 0.810 bits per heavy atom. The monoisotopic (exact) mass is 302 g/mol. The third-order valence-corrected chi connectivity index (χ3v) is 3.53. The summed E-state index contributed by atoms with van der Waals surface area (Å²) in [4.78, 5) is 0. The van der Waals surface area contributed by atoms with Crippen LogP contribution in [0.15, 0.2) is 0 Å². The van der Waals surface area contributed by atoms with E-state index in [2.05, 4.69) is 0 Å². The third-order valence-electron chi connectivity index (χ3n) is 3.53. The second kappa shape index (κ2) is 11.4. The molecule has 4 unspecified atom stereocenters. The summed E-state index contributed by atoms with van der Waals surface area (Å²) in [6.07, 6.45) is 3.80. The fraction of sp³-hybridized carbons (Fsp3) is 1.00. The van der Waals surface area contributed by atoms with Crippen molar-refractivity contribution < 1.29 is 4.74 Å². The van der Waals surface area contributed by atoms with Gasteiger partial charge in [0.15, 0.2) is 0 Å². The van der Waals surface area contributed by atoms with Gasteiger partial charge >= 0.3 is 0 Å². The quantitative estimate of drug-likeness (QED) is 0.432. The van der Waals surface area contributed by atoms with Gasteiger partial charge in [0.1, 0.15) is 0 Å². The molecule has 0 aromatic heterocycles. The van der Waals surface area contributed by atoms with Crippen molar-refractivity contribution in [2.45, 2.75) is 77.5 Å². The van der Waals surface area contributed by atoms with Crippen LogP contribution in [0.25, 0.3) is 0 Å². The maximum absolute atomic E-state index is 5.94. The van der Waals surface area contributed by atoms with Gasteiger partial charge in [0.05, 0.1) is 0 Å². The number of hydrogen-bond donors (Lipinski definition) is 4. The van der Waals surface area contributed by atoms with Gasteiger partial charge in [-0.2, -0.15) is 0 Å². The Labute approximate surface area is 131 Å². The first-order valence-electron chi connectivity index (χ1n) is 8.30. The van der Waals surface area contributed by atoms with Crippen LogP contribution in [0.5, 0.6) is 0 Å². The van der Waals surface area contributed by atoms with Crippen LogP contribution in [0.2, 0.25) is 0 Å². The molecule has 0 fully saturated rings. The molecule has 0 rings (SSSR count). The van der Waals surface area contributed by atoms with E-state index in [-0.39, 0.29) is 24.2 Å². The summed E-state index contributed by atoms with van der Waals surface area (Å²) in [6.45, 7) is 9.56. The third kappa shape index (κ3) is 13.2. The van der Waals surface area contributed by atoms with Crippen molar-refractivity contribution in [3.63, 3.8) is 0 Å². The normalized spacial score (nSPS) is 20.6. The minimum absolute atomic E-state index is 0.182. The molecule has 0 heterocycles. The topological polar surface area (TPSA) is 113 Å². The molecule has 0 amide bonds. The molecule has 21 heavy (non-hydrogen) atoms. The zero-order valence-electron chi connectivity index (χ0n) is 14.4. The predicted octanol–water partition coefficient (Wildman–Crippen LogP) is 1.18. The fourth-order valence-electron chi connectivity index (χ4n) is 2.97. The van der Waals surface area contributed by atoms with Crippen LogP contribution in [0.4, 0.5) is 0 Å². The lowest BCUT2D eigenvalue weighted by Crippen LogP contribution is -2.30. The Bertz CT molecular complexity index is 200. The Kier molecular flexibility index (Phi) is 11.3. The summed E-state index contributed by atoms with van der Waals surface area (Å²) in [5.41, 5.74) is 23.6. The second-order valence-electron chi connectivity index (χ2n) is 7.12. The minimum Gasteiger partial charge on any atom is -0.381 e. The van der Waals surface area contributed by atoms with E-state index < -0.39 is 0 Å². The van der Waals surface area contributed by atoms with Gasteiger partial charge in [-0.1, -0.05) is 0 Å². The molecule has 8 N–H and O–H groups in total. The fourth-order valence-corrected chi connectivity index (χ4v) is 2.97. The van der Waals surface area contributed by atoms with Crippen LogP contribution < -0.4 is 22.9 Å². The van der Waals surface area contributed by atoms with E-state index >= 15 is 0 Å². The molecule has 4 atom stereocenters. The molecule has 128 valence electrons. The average Bonchev–Trinajstić information content (AvgIpc) is 2.24. The molecule has 0 aromatic carbocycles. The van der Waals surface area contributed by atoms with Crippen molar-refractivity contribution in [1.29, 1.82) is 0 Å². The van der Waals surface area contributed by atoms with E-state index in [0.717, 1.165) is 38.9 Å². The number of rotatable bonds is 12. The first-order chi connectivity index (χ1) is 9.70. The molecule has 5 nitrogen and oxygen atoms in total. The molecule has 0 saturated heterocycles. The molecule has 0 aliphatic heterocycles. The molecule has 0 saturated carbocycles. The van der Waals surface area contributed by atoms with Gasteiger partial charge in [0.2, 0.25) is 0 Å². The van der Waals surface area contributed by atoms with Gasteiger partial charge in [-0.05, 0) is 65.2 Å². The van der Waals surface area contributed by atoms with Crippen molar-refractivity contribution in [2.24, 2.45) is 34.8 Å². The van der Waals surface area contributed by atoms with E-state index in [1.807, 2.05) is 27.7 Å². The van der Waals surface area contributed by atoms with Crippen molar-refractivity contribution in [3.05, 3.63) is 0 Å². The number of hydrogen-bond acceptors (Lipinski definition) is 5. The van der Waals surface area contributed by atoms with Crippen molar-refractivity contribution in [2.75, 3.05) is 13.2 Å². The average molecular weight is 303 g/mol. The Hall–Kier alpha value is -0.200. The highest BCUT2D eigenvalue weighted by atomic mass is 16.5. The minimum atomic E-state index is 0.182. The maximum atomic E-state index is 5.94. The zero-order chi connectivity index (χ0) is 16.4. The molecule has 0 bridgehead atoms.